The summed E-state index contributed by atoms with van der Waals surface area (Å²) in [6.07, 6.45) is 4.76. The van der Waals surface area contributed by atoms with Crippen LogP contribution < -0.4 is 15.4 Å². The van der Waals surface area contributed by atoms with Gasteiger partial charge in [0.25, 0.3) is 0 Å². The molecule has 162 valence electrons. The minimum Gasteiger partial charge on any atom is -0.495 e. The number of rotatable bonds is 8. The van der Waals surface area contributed by atoms with Crippen molar-refractivity contribution in [1.29, 1.82) is 0 Å². The van der Waals surface area contributed by atoms with E-state index in [1.807, 2.05) is 25.1 Å². The predicted molar refractivity (Wildman–Crippen MR) is 120 cm³/mol. The van der Waals surface area contributed by atoms with Gasteiger partial charge in [0, 0.05) is 11.5 Å². The van der Waals surface area contributed by atoms with Gasteiger partial charge < -0.3 is 20.1 Å². The van der Waals surface area contributed by atoms with Crippen molar-refractivity contribution in [1.82, 2.24) is 10.3 Å². The van der Waals surface area contributed by atoms with Crippen LogP contribution in [0.4, 0.5) is 5.69 Å². The molecule has 7 heteroatoms. The SMILES string of the molecule is CCC1=C(OC[C@@]2(c3ccccc3)C[C@H]2C(=O)Nc2cncc(OC)c2)CNC(C)=N1. The van der Waals surface area contributed by atoms with Crippen LogP contribution >= 0.6 is 0 Å². The number of ether oxygens (including phenoxy) is 2. The number of carbonyl (C=O) groups excluding carboxylic acids is 1. The van der Waals surface area contributed by atoms with Crippen LogP contribution in [0.2, 0.25) is 0 Å². The molecule has 0 radical (unpaired) electrons. The lowest BCUT2D eigenvalue weighted by Crippen LogP contribution is -2.31. The van der Waals surface area contributed by atoms with Crippen LogP contribution in [0.1, 0.15) is 32.3 Å². The third-order valence-corrected chi connectivity index (χ3v) is 5.93. The van der Waals surface area contributed by atoms with Crippen molar-refractivity contribution >= 4 is 17.4 Å². The molecule has 31 heavy (non-hydrogen) atoms. The quantitative estimate of drug-likeness (QED) is 0.681. The van der Waals surface area contributed by atoms with Crippen LogP contribution in [-0.2, 0) is 14.9 Å². The zero-order valence-corrected chi connectivity index (χ0v) is 18.1. The van der Waals surface area contributed by atoms with E-state index >= 15 is 0 Å². The summed E-state index contributed by atoms with van der Waals surface area (Å²) in [6.45, 7) is 5.08. The topological polar surface area (TPSA) is 84.8 Å². The van der Waals surface area contributed by atoms with Crippen LogP contribution in [-0.4, -0.2) is 37.0 Å². The maximum Gasteiger partial charge on any atom is 0.228 e. The molecule has 2 atom stereocenters. The lowest BCUT2D eigenvalue weighted by molar-refractivity contribution is -0.118. The molecule has 1 aliphatic heterocycles. The minimum atomic E-state index is -0.361. The largest absolute Gasteiger partial charge is 0.495 e. The third-order valence-electron chi connectivity index (χ3n) is 5.93. The first kappa shape index (κ1) is 20.9. The molecule has 1 aromatic carbocycles. The molecule has 2 N–H and O–H groups in total. The first-order valence-electron chi connectivity index (χ1n) is 10.5. The lowest BCUT2D eigenvalue weighted by Gasteiger charge is -2.24. The van der Waals surface area contributed by atoms with E-state index in [9.17, 15) is 4.79 Å². The van der Waals surface area contributed by atoms with Crippen LogP contribution in [0.15, 0.2) is 65.2 Å². The fourth-order valence-corrected chi connectivity index (χ4v) is 4.05. The Kier molecular flexibility index (Phi) is 5.93. The normalized spacial score (nSPS) is 22.3. The van der Waals surface area contributed by atoms with Gasteiger partial charge in [0.05, 0.1) is 55.8 Å². The van der Waals surface area contributed by atoms with E-state index in [4.69, 9.17) is 9.47 Å². The van der Waals surface area contributed by atoms with Gasteiger partial charge in [-0.05, 0) is 25.3 Å². The summed E-state index contributed by atoms with van der Waals surface area (Å²) in [4.78, 5) is 21.8. The standard InChI is InChI=1S/C24H28N4O3/c1-4-21-22(14-26-16(2)27-21)31-15-24(17-8-6-5-7-9-17)11-20(24)23(29)28-18-10-19(30-3)13-25-12-18/h5-10,12-13,20H,4,11,14-15H2,1-3H3,(H,26,27)(H,28,29)/t20-,24+/m0/s1. The number of benzene rings is 1. The summed E-state index contributed by atoms with van der Waals surface area (Å²) in [5.41, 5.74) is 2.33. The highest BCUT2D eigenvalue weighted by Gasteiger charge is 2.60. The Labute approximate surface area is 182 Å². The Morgan fingerprint density at radius 3 is 2.84 bits per heavy atom. The zero-order valence-electron chi connectivity index (χ0n) is 18.1. The number of hydrogen-bond donors (Lipinski definition) is 2. The highest BCUT2D eigenvalue weighted by molar-refractivity contribution is 5.96. The summed E-state index contributed by atoms with van der Waals surface area (Å²) in [5, 5.41) is 6.22. The Morgan fingerprint density at radius 2 is 2.10 bits per heavy atom. The Morgan fingerprint density at radius 1 is 1.29 bits per heavy atom. The van der Waals surface area contributed by atoms with E-state index in [1.165, 1.54) is 0 Å². The summed E-state index contributed by atoms with van der Waals surface area (Å²) >= 11 is 0. The monoisotopic (exact) mass is 420 g/mol. The van der Waals surface area contributed by atoms with Crippen LogP contribution in [0.25, 0.3) is 0 Å². The van der Waals surface area contributed by atoms with Crippen LogP contribution in [0.5, 0.6) is 5.75 Å². The number of hydrogen-bond acceptors (Lipinski definition) is 6. The van der Waals surface area contributed by atoms with E-state index in [0.717, 1.165) is 35.7 Å². The molecule has 2 heterocycles. The number of carbonyl (C=O) groups is 1. The number of aromatic nitrogens is 1. The van der Waals surface area contributed by atoms with E-state index < -0.39 is 0 Å². The molecular weight excluding hydrogens is 392 g/mol. The Bertz CT molecular complexity index is 1020. The summed E-state index contributed by atoms with van der Waals surface area (Å²) < 4.78 is 11.5. The first-order chi connectivity index (χ1) is 15.1. The molecule has 2 aliphatic rings. The molecule has 1 fully saturated rings. The average molecular weight is 421 g/mol. The molecule has 1 aliphatic carbocycles. The fraction of sp³-hybridized carbons (Fsp3) is 0.375. The Hall–Kier alpha value is -3.35. The molecule has 1 saturated carbocycles. The second kappa shape index (κ2) is 8.79. The smallest absolute Gasteiger partial charge is 0.228 e. The second-order valence-electron chi connectivity index (χ2n) is 7.94. The van der Waals surface area contributed by atoms with Gasteiger partial charge in [0.2, 0.25) is 5.91 Å². The molecule has 2 aromatic rings. The summed E-state index contributed by atoms with van der Waals surface area (Å²) in [5.74, 6) is 2.13. The van der Waals surface area contributed by atoms with E-state index in [1.54, 1.807) is 25.6 Å². The number of nitrogens with one attached hydrogen (secondary N) is 2. The van der Waals surface area contributed by atoms with Crippen molar-refractivity contribution in [3.05, 3.63) is 65.8 Å². The minimum absolute atomic E-state index is 0.0390. The van der Waals surface area contributed by atoms with Gasteiger partial charge in [-0.1, -0.05) is 37.3 Å². The zero-order chi connectivity index (χ0) is 21.8. The summed E-state index contributed by atoms with van der Waals surface area (Å²) in [6, 6.07) is 11.9. The number of amides is 1. The fourth-order valence-electron chi connectivity index (χ4n) is 4.05. The molecule has 0 spiro atoms. The van der Waals surface area contributed by atoms with Crippen LogP contribution in [0, 0.1) is 5.92 Å². The lowest BCUT2D eigenvalue weighted by atomic mass is 9.93. The molecule has 4 rings (SSSR count). The van der Waals surface area contributed by atoms with Crippen molar-refractivity contribution in [2.75, 3.05) is 25.6 Å². The first-order valence-corrected chi connectivity index (χ1v) is 10.5. The van der Waals surface area contributed by atoms with Crippen molar-refractivity contribution in [3.8, 4) is 5.75 Å². The average Bonchev–Trinajstić information content (AvgIpc) is 3.55. The highest BCUT2D eigenvalue weighted by Crippen LogP contribution is 2.55. The summed E-state index contributed by atoms with van der Waals surface area (Å²) in [7, 11) is 1.58. The molecule has 1 amide bonds. The third kappa shape index (κ3) is 4.40. The second-order valence-corrected chi connectivity index (χ2v) is 7.94. The number of anilines is 1. The van der Waals surface area contributed by atoms with Crippen LogP contribution in [0.3, 0.4) is 0 Å². The van der Waals surface area contributed by atoms with Gasteiger partial charge in [-0.15, -0.1) is 0 Å². The number of nitrogens with zero attached hydrogens (tertiary/aromatic N) is 2. The van der Waals surface area contributed by atoms with E-state index in [0.29, 0.717) is 24.6 Å². The Balaban J connectivity index is 1.53. The molecule has 0 saturated heterocycles. The number of amidine groups is 1. The maximum atomic E-state index is 13.1. The van der Waals surface area contributed by atoms with Crippen molar-refractivity contribution in [3.63, 3.8) is 0 Å². The van der Waals surface area contributed by atoms with Crippen molar-refractivity contribution < 1.29 is 14.3 Å². The van der Waals surface area contributed by atoms with E-state index in [-0.39, 0.29) is 17.2 Å². The molecular formula is C24H28N4O3. The molecule has 0 unspecified atom stereocenters. The molecule has 0 bridgehead atoms. The van der Waals surface area contributed by atoms with Gasteiger partial charge in [0.15, 0.2) is 0 Å². The number of aliphatic imine (C=N–C) groups is 1. The van der Waals surface area contributed by atoms with Gasteiger partial charge in [-0.3, -0.25) is 9.78 Å². The molecule has 1 aromatic heterocycles. The number of methoxy groups -OCH3 is 1. The van der Waals surface area contributed by atoms with Crippen molar-refractivity contribution in [2.24, 2.45) is 10.9 Å². The highest BCUT2D eigenvalue weighted by atomic mass is 16.5. The van der Waals surface area contributed by atoms with Gasteiger partial charge in [-0.2, -0.15) is 0 Å². The molecule has 7 nitrogen and oxygen atoms in total. The van der Waals surface area contributed by atoms with Crippen molar-refractivity contribution in [2.45, 2.75) is 32.1 Å². The number of pyridine rings is 1. The van der Waals surface area contributed by atoms with Gasteiger partial charge in [-0.25, -0.2) is 4.99 Å². The maximum absolute atomic E-state index is 13.1. The van der Waals surface area contributed by atoms with Gasteiger partial charge >= 0.3 is 0 Å². The predicted octanol–water partition coefficient (Wildman–Crippen LogP) is 3.65. The van der Waals surface area contributed by atoms with Gasteiger partial charge in [0.1, 0.15) is 11.5 Å². The number of allylic oxidation sites excluding steroid dienone is 1. The van der Waals surface area contributed by atoms with E-state index in [2.05, 4.69) is 39.7 Å².